The Kier molecular flexibility index (Phi) is 8.23. The summed E-state index contributed by atoms with van der Waals surface area (Å²) in [6.45, 7) is 9.03. The van der Waals surface area contributed by atoms with Gasteiger partial charge in [0.2, 0.25) is 5.96 Å². The first-order valence-corrected chi connectivity index (χ1v) is 15.5. The van der Waals surface area contributed by atoms with Crippen LogP contribution in [0.5, 0.6) is 0 Å². The number of guanidine groups is 1. The van der Waals surface area contributed by atoms with Crippen molar-refractivity contribution in [1.82, 2.24) is 19.8 Å². The van der Waals surface area contributed by atoms with Gasteiger partial charge in [-0.15, -0.1) is 0 Å². The molecule has 232 valence electrons. The average molecular weight is 599 g/mol. The van der Waals surface area contributed by atoms with Crippen LogP contribution in [0.4, 0.5) is 30.5 Å². The highest BCUT2D eigenvalue weighted by Gasteiger charge is 2.43. The maximum atomic E-state index is 13.0. The maximum Gasteiger partial charge on any atom is 0.391 e. The van der Waals surface area contributed by atoms with Gasteiger partial charge >= 0.3 is 6.18 Å². The number of nitrogens with zero attached hydrogens (tertiary/aromatic N) is 6. The lowest BCUT2D eigenvalue weighted by Gasteiger charge is -2.43. The Balaban J connectivity index is 1.10. The summed E-state index contributed by atoms with van der Waals surface area (Å²) in [5.41, 5.74) is 2.39. The third-order valence-electron chi connectivity index (χ3n) is 9.92. The predicted octanol–water partition coefficient (Wildman–Crippen LogP) is 5.64. The number of amides is 1. The number of carbonyl (C=O) groups excluding carboxylic acids is 1. The number of carbonyl (C=O) groups is 1. The molecule has 1 aliphatic carbocycles. The number of likely N-dealkylation sites (tertiary alicyclic amines) is 1. The fourth-order valence-corrected chi connectivity index (χ4v) is 7.48. The van der Waals surface area contributed by atoms with Crippen molar-refractivity contribution < 1.29 is 18.0 Å². The summed E-state index contributed by atoms with van der Waals surface area (Å²) in [6.07, 6.45) is 5.45. The minimum atomic E-state index is -4.07. The zero-order valence-electron chi connectivity index (χ0n) is 24.8. The van der Waals surface area contributed by atoms with E-state index in [1.54, 1.807) is 0 Å². The lowest BCUT2D eigenvalue weighted by Crippen LogP contribution is -2.52. The van der Waals surface area contributed by atoms with Crippen LogP contribution in [-0.2, 0) is 5.54 Å². The largest absolute Gasteiger partial charge is 0.391 e. The maximum absolute atomic E-state index is 13.0. The van der Waals surface area contributed by atoms with Gasteiger partial charge in [-0.05, 0) is 89.0 Å². The molecule has 9 nitrogen and oxygen atoms in total. The monoisotopic (exact) mass is 598 g/mol. The summed E-state index contributed by atoms with van der Waals surface area (Å²) >= 11 is 0. The minimum absolute atomic E-state index is 0.0749. The SMILES string of the molecule is C=N/C(=N\c1c(C)cc2n1C1(CCCCC1)CNC2=O)Nc1ccc(N2CCC(N3CCC(C(F)(F)F)CC3)CC2)cn1. The Morgan fingerprint density at radius 3 is 2.44 bits per heavy atom. The molecule has 2 N–H and O–H groups in total. The van der Waals surface area contributed by atoms with Crippen LogP contribution in [0.3, 0.4) is 0 Å². The second-order valence-electron chi connectivity index (χ2n) is 12.5. The van der Waals surface area contributed by atoms with Gasteiger partial charge in [-0.1, -0.05) is 19.3 Å². The van der Waals surface area contributed by atoms with Gasteiger partial charge in [-0.3, -0.25) is 4.79 Å². The quantitative estimate of drug-likeness (QED) is 0.351. The molecule has 1 spiro atoms. The van der Waals surface area contributed by atoms with E-state index in [2.05, 4.69) is 41.7 Å². The lowest BCUT2D eigenvalue weighted by molar-refractivity contribution is -0.186. The Bertz CT molecular complexity index is 1350. The van der Waals surface area contributed by atoms with Crippen molar-refractivity contribution in [3.8, 4) is 0 Å². The second-order valence-corrected chi connectivity index (χ2v) is 12.5. The van der Waals surface area contributed by atoms with Crippen molar-refractivity contribution in [3.63, 3.8) is 0 Å². The fourth-order valence-electron chi connectivity index (χ4n) is 7.48. The standard InChI is InChI=1S/C31H41F3N8O/c1-21-18-25-28(43)37-20-30(12-4-3-5-13-30)42(25)27(21)39-29(35-2)38-26-7-6-24(19-36-26)41-16-10-23(11-17-41)40-14-8-22(9-15-40)31(32,33)34/h6-7,18-19,22-23H,2-5,8-17,20H2,1H3,(H,37,43)(H,36,38,39). The van der Waals surface area contributed by atoms with E-state index in [4.69, 9.17) is 4.99 Å². The topological polar surface area (TPSA) is 90.1 Å². The number of anilines is 2. The van der Waals surface area contributed by atoms with E-state index < -0.39 is 12.1 Å². The summed E-state index contributed by atoms with van der Waals surface area (Å²) in [5.74, 6) is 0.400. The van der Waals surface area contributed by atoms with Crippen molar-refractivity contribution in [2.45, 2.75) is 82.5 Å². The van der Waals surface area contributed by atoms with Crippen LogP contribution in [0.25, 0.3) is 0 Å². The molecular weight excluding hydrogens is 557 g/mol. The molecule has 2 aromatic rings. The van der Waals surface area contributed by atoms with Crippen LogP contribution >= 0.6 is 0 Å². The van der Waals surface area contributed by atoms with Crippen molar-refractivity contribution in [2.75, 3.05) is 42.9 Å². The summed E-state index contributed by atoms with van der Waals surface area (Å²) in [5, 5.41) is 6.28. The number of alkyl halides is 3. The molecular formula is C31H41F3N8O. The van der Waals surface area contributed by atoms with Crippen molar-refractivity contribution in [1.29, 1.82) is 0 Å². The summed E-state index contributed by atoms with van der Waals surface area (Å²) < 4.78 is 41.3. The van der Waals surface area contributed by atoms with Gasteiger partial charge in [0.15, 0.2) is 0 Å². The molecule has 0 atom stereocenters. The third-order valence-corrected chi connectivity index (χ3v) is 9.92. The number of hydrogen-bond acceptors (Lipinski definition) is 5. The molecule has 6 rings (SSSR count). The van der Waals surface area contributed by atoms with Gasteiger partial charge in [0.05, 0.1) is 23.3 Å². The number of aliphatic imine (C=N–C) groups is 2. The fraction of sp³-hybridized carbons (Fsp3) is 0.613. The highest BCUT2D eigenvalue weighted by molar-refractivity contribution is 5.99. The van der Waals surface area contributed by atoms with Crippen LogP contribution in [0.2, 0.25) is 0 Å². The van der Waals surface area contributed by atoms with E-state index >= 15 is 0 Å². The number of piperidine rings is 2. The number of rotatable bonds is 4. The van der Waals surface area contributed by atoms with Crippen LogP contribution < -0.4 is 15.5 Å². The van der Waals surface area contributed by atoms with E-state index in [1.165, 1.54) is 6.42 Å². The van der Waals surface area contributed by atoms with Crippen LogP contribution in [0.1, 0.15) is 73.8 Å². The van der Waals surface area contributed by atoms with Crippen molar-refractivity contribution in [3.05, 3.63) is 35.7 Å². The van der Waals surface area contributed by atoms with Crippen LogP contribution in [-0.4, -0.2) is 78.0 Å². The minimum Gasteiger partial charge on any atom is -0.370 e. The van der Waals surface area contributed by atoms with E-state index in [1.807, 2.05) is 31.3 Å². The third kappa shape index (κ3) is 6.03. The molecule has 3 fully saturated rings. The number of aromatic nitrogens is 2. The van der Waals surface area contributed by atoms with E-state index in [-0.39, 0.29) is 24.3 Å². The molecule has 0 aromatic carbocycles. The number of aryl methyl sites for hydroxylation is 1. The van der Waals surface area contributed by atoms with Gasteiger partial charge in [0, 0.05) is 25.7 Å². The second kappa shape index (κ2) is 11.9. The van der Waals surface area contributed by atoms with Gasteiger partial charge in [0.25, 0.3) is 5.91 Å². The summed E-state index contributed by atoms with van der Waals surface area (Å²) in [4.78, 5) is 30.9. The van der Waals surface area contributed by atoms with Crippen LogP contribution in [0, 0.1) is 12.8 Å². The molecule has 2 aromatic heterocycles. The molecule has 0 bridgehead atoms. The Labute approximate surface area is 250 Å². The van der Waals surface area contributed by atoms with Gasteiger partial charge in [-0.2, -0.15) is 18.2 Å². The molecule has 12 heteroatoms. The number of hydrogen-bond donors (Lipinski definition) is 2. The van der Waals surface area contributed by atoms with E-state index in [9.17, 15) is 18.0 Å². The van der Waals surface area contributed by atoms with E-state index in [0.717, 1.165) is 68.7 Å². The van der Waals surface area contributed by atoms with Crippen molar-refractivity contribution in [2.24, 2.45) is 15.9 Å². The average Bonchev–Trinajstić information content (AvgIpc) is 3.36. The first-order chi connectivity index (χ1) is 20.7. The predicted molar refractivity (Wildman–Crippen MR) is 163 cm³/mol. The number of pyridine rings is 1. The zero-order valence-corrected chi connectivity index (χ0v) is 24.8. The molecule has 43 heavy (non-hydrogen) atoms. The summed E-state index contributed by atoms with van der Waals surface area (Å²) in [7, 11) is 0. The highest BCUT2D eigenvalue weighted by atomic mass is 19.4. The van der Waals surface area contributed by atoms with Gasteiger partial charge < -0.3 is 25.0 Å². The number of halogens is 3. The number of fused-ring (bicyclic) bond motifs is 2. The molecule has 3 aliphatic heterocycles. The Morgan fingerprint density at radius 2 is 1.81 bits per heavy atom. The van der Waals surface area contributed by atoms with E-state index in [0.29, 0.717) is 43.1 Å². The molecule has 1 amide bonds. The highest BCUT2D eigenvalue weighted by Crippen LogP contribution is 2.42. The van der Waals surface area contributed by atoms with Crippen LogP contribution in [0.15, 0.2) is 34.4 Å². The molecule has 1 saturated carbocycles. The molecule has 5 heterocycles. The molecule has 2 saturated heterocycles. The Hall–Kier alpha value is -3.41. The number of nitrogens with one attached hydrogen (secondary N) is 2. The van der Waals surface area contributed by atoms with Crippen molar-refractivity contribution >= 4 is 35.9 Å². The smallest absolute Gasteiger partial charge is 0.370 e. The summed E-state index contributed by atoms with van der Waals surface area (Å²) in [6, 6.07) is 6.14. The lowest BCUT2D eigenvalue weighted by atomic mass is 9.80. The Morgan fingerprint density at radius 1 is 1.09 bits per heavy atom. The molecule has 0 unspecified atom stereocenters. The molecule has 4 aliphatic rings. The first-order valence-electron chi connectivity index (χ1n) is 15.5. The molecule has 0 radical (unpaired) electrons. The normalized spacial score (nSPS) is 22.4. The van der Waals surface area contributed by atoms with Gasteiger partial charge in [-0.25, -0.2) is 9.98 Å². The zero-order chi connectivity index (χ0) is 30.2. The first kappa shape index (κ1) is 29.7. The van der Waals surface area contributed by atoms with Gasteiger partial charge in [0.1, 0.15) is 17.3 Å².